The lowest BCUT2D eigenvalue weighted by molar-refractivity contribution is 0.112. The van der Waals surface area contributed by atoms with Gasteiger partial charge in [0.05, 0.1) is 5.54 Å². The Morgan fingerprint density at radius 1 is 1.41 bits per heavy atom. The van der Waals surface area contributed by atoms with Gasteiger partial charge >= 0.3 is 0 Å². The Morgan fingerprint density at radius 3 is 2.82 bits per heavy atom. The first-order valence-electron chi connectivity index (χ1n) is 5.36. The summed E-state index contributed by atoms with van der Waals surface area (Å²) >= 11 is 0. The Labute approximate surface area is 97.1 Å². The van der Waals surface area contributed by atoms with Crippen molar-refractivity contribution in [3.63, 3.8) is 0 Å². The van der Waals surface area contributed by atoms with E-state index in [-0.39, 0.29) is 11.4 Å². The summed E-state index contributed by atoms with van der Waals surface area (Å²) in [6.07, 6.45) is 5.50. The molecular weight excluding hydrogens is 221 g/mol. The predicted molar refractivity (Wildman–Crippen MR) is 58.1 cm³/mol. The number of hydrogen-bond donors (Lipinski definition) is 0. The molecule has 1 aliphatic rings. The summed E-state index contributed by atoms with van der Waals surface area (Å²) in [4.78, 5) is 14.9. The quantitative estimate of drug-likeness (QED) is 0.756. The van der Waals surface area contributed by atoms with Crippen molar-refractivity contribution < 1.29 is 9.18 Å². The second-order valence-electron chi connectivity index (χ2n) is 4.22. The molecule has 0 amide bonds. The van der Waals surface area contributed by atoms with Crippen LogP contribution < -0.4 is 0 Å². The highest BCUT2D eigenvalue weighted by atomic mass is 19.1. The van der Waals surface area contributed by atoms with Crippen LogP contribution in [0.4, 0.5) is 4.39 Å². The lowest BCUT2D eigenvalue weighted by atomic mass is 9.99. The van der Waals surface area contributed by atoms with Gasteiger partial charge in [-0.15, -0.1) is 0 Å². The van der Waals surface area contributed by atoms with Crippen LogP contribution in [0.15, 0.2) is 30.9 Å². The number of hydrogen-bond acceptors (Lipinski definition) is 3. The van der Waals surface area contributed by atoms with Gasteiger partial charge < -0.3 is 0 Å². The van der Waals surface area contributed by atoms with Crippen LogP contribution in [0.25, 0.3) is 0 Å². The van der Waals surface area contributed by atoms with Gasteiger partial charge in [-0.2, -0.15) is 5.10 Å². The number of nitrogens with zero attached hydrogens (tertiary/aromatic N) is 3. The van der Waals surface area contributed by atoms with E-state index in [1.807, 2.05) is 0 Å². The van der Waals surface area contributed by atoms with Crippen LogP contribution in [-0.4, -0.2) is 21.1 Å². The van der Waals surface area contributed by atoms with Gasteiger partial charge in [-0.3, -0.25) is 4.79 Å². The van der Waals surface area contributed by atoms with Gasteiger partial charge in [-0.05, 0) is 36.6 Å². The summed E-state index contributed by atoms with van der Waals surface area (Å²) in [7, 11) is 0. The average molecular weight is 231 g/mol. The van der Waals surface area contributed by atoms with Gasteiger partial charge in [0.2, 0.25) is 0 Å². The molecule has 17 heavy (non-hydrogen) atoms. The molecule has 4 nitrogen and oxygen atoms in total. The van der Waals surface area contributed by atoms with E-state index in [1.54, 1.807) is 11.0 Å². The van der Waals surface area contributed by atoms with Gasteiger partial charge in [0.25, 0.3) is 0 Å². The van der Waals surface area contributed by atoms with Crippen molar-refractivity contribution >= 4 is 6.29 Å². The normalized spacial score (nSPS) is 16.8. The van der Waals surface area contributed by atoms with Crippen LogP contribution in [0, 0.1) is 5.82 Å². The molecule has 1 heterocycles. The Balaban J connectivity index is 2.16. The zero-order valence-corrected chi connectivity index (χ0v) is 9.01. The zero-order valence-electron chi connectivity index (χ0n) is 9.01. The molecule has 2 aromatic rings. The third kappa shape index (κ3) is 1.46. The fourth-order valence-electron chi connectivity index (χ4n) is 2.20. The molecule has 0 radical (unpaired) electrons. The Hall–Kier alpha value is -2.04. The smallest absolute Gasteiger partial charge is 0.150 e. The van der Waals surface area contributed by atoms with Crippen molar-refractivity contribution in [1.82, 2.24) is 14.8 Å². The summed E-state index contributed by atoms with van der Waals surface area (Å²) in [6.45, 7) is 0. The van der Waals surface area contributed by atoms with Crippen molar-refractivity contribution in [2.45, 2.75) is 18.4 Å². The first-order valence-corrected chi connectivity index (χ1v) is 5.36. The van der Waals surface area contributed by atoms with Crippen LogP contribution >= 0.6 is 0 Å². The van der Waals surface area contributed by atoms with Crippen molar-refractivity contribution in [3.8, 4) is 0 Å². The van der Waals surface area contributed by atoms with Gasteiger partial charge in [0.15, 0.2) is 0 Å². The molecule has 1 aromatic heterocycles. The topological polar surface area (TPSA) is 47.8 Å². The highest BCUT2D eigenvalue weighted by molar-refractivity contribution is 5.78. The molecule has 5 heteroatoms. The van der Waals surface area contributed by atoms with Crippen molar-refractivity contribution in [3.05, 3.63) is 47.8 Å². The minimum atomic E-state index is -0.380. The highest BCUT2D eigenvalue weighted by Gasteiger charge is 2.48. The van der Waals surface area contributed by atoms with Crippen LogP contribution in [0.1, 0.15) is 28.8 Å². The highest BCUT2D eigenvalue weighted by Crippen LogP contribution is 2.49. The number of carbonyl (C=O) groups is 1. The van der Waals surface area contributed by atoms with Crippen LogP contribution in [-0.2, 0) is 5.54 Å². The van der Waals surface area contributed by atoms with E-state index in [1.165, 1.54) is 24.5 Å². The average Bonchev–Trinajstić information content (AvgIpc) is 2.96. The Kier molecular flexibility index (Phi) is 2.07. The second-order valence-corrected chi connectivity index (χ2v) is 4.22. The number of aldehydes is 1. The summed E-state index contributed by atoms with van der Waals surface area (Å²) in [5, 5.41) is 4.10. The summed E-state index contributed by atoms with van der Waals surface area (Å²) < 4.78 is 15.0. The molecule has 0 spiro atoms. The monoisotopic (exact) mass is 231 g/mol. The molecule has 1 fully saturated rings. The summed E-state index contributed by atoms with van der Waals surface area (Å²) in [5.74, 6) is -0.336. The van der Waals surface area contributed by atoms with E-state index < -0.39 is 0 Å². The number of halogens is 1. The Morgan fingerprint density at radius 2 is 2.24 bits per heavy atom. The lowest BCUT2D eigenvalue weighted by Gasteiger charge is -2.17. The van der Waals surface area contributed by atoms with Gasteiger partial charge in [0, 0.05) is 5.56 Å². The fourth-order valence-corrected chi connectivity index (χ4v) is 2.20. The van der Waals surface area contributed by atoms with E-state index in [9.17, 15) is 9.18 Å². The molecule has 0 aliphatic heterocycles. The standard InChI is InChI=1S/C12H10FN3O/c13-10-2-1-9(6-17)11(5-10)12(3-4-12)16-8-14-7-15-16/h1-2,5-8H,3-4H2. The van der Waals surface area contributed by atoms with E-state index in [4.69, 9.17) is 0 Å². The molecule has 1 saturated carbocycles. The Bertz CT molecular complexity index is 561. The minimum absolute atomic E-state index is 0.336. The second kappa shape index (κ2) is 3.48. The van der Waals surface area contributed by atoms with Crippen LogP contribution in [0.5, 0.6) is 0 Å². The first-order chi connectivity index (χ1) is 8.26. The molecule has 0 N–H and O–H groups in total. The third-order valence-electron chi connectivity index (χ3n) is 3.22. The summed E-state index contributed by atoms with van der Waals surface area (Å²) in [6, 6.07) is 4.22. The lowest BCUT2D eigenvalue weighted by Crippen LogP contribution is -2.21. The SMILES string of the molecule is O=Cc1ccc(F)cc1C1(n2cncn2)CC1. The number of aromatic nitrogens is 3. The maximum atomic E-state index is 13.3. The van der Waals surface area contributed by atoms with E-state index in [0.717, 1.165) is 19.1 Å². The number of carbonyl (C=O) groups excluding carboxylic acids is 1. The van der Waals surface area contributed by atoms with E-state index in [2.05, 4.69) is 10.1 Å². The summed E-state index contributed by atoms with van der Waals surface area (Å²) in [5.41, 5.74) is 0.826. The van der Waals surface area contributed by atoms with Gasteiger partial charge in [-0.1, -0.05) is 0 Å². The molecule has 1 aromatic carbocycles. The molecule has 0 saturated heterocycles. The van der Waals surface area contributed by atoms with Crippen LogP contribution in [0.2, 0.25) is 0 Å². The van der Waals surface area contributed by atoms with Crippen molar-refractivity contribution in [1.29, 1.82) is 0 Å². The molecule has 0 unspecified atom stereocenters. The molecule has 1 aliphatic carbocycles. The number of rotatable bonds is 3. The largest absolute Gasteiger partial charge is 0.298 e. The third-order valence-corrected chi connectivity index (χ3v) is 3.22. The van der Waals surface area contributed by atoms with Crippen molar-refractivity contribution in [2.75, 3.05) is 0 Å². The molecule has 0 atom stereocenters. The zero-order chi connectivity index (χ0) is 11.9. The minimum Gasteiger partial charge on any atom is -0.298 e. The maximum Gasteiger partial charge on any atom is 0.150 e. The first kappa shape index (κ1) is 10.1. The van der Waals surface area contributed by atoms with E-state index >= 15 is 0 Å². The van der Waals surface area contributed by atoms with E-state index in [0.29, 0.717) is 11.1 Å². The maximum absolute atomic E-state index is 13.3. The van der Waals surface area contributed by atoms with Gasteiger partial charge in [0.1, 0.15) is 24.8 Å². The molecule has 86 valence electrons. The van der Waals surface area contributed by atoms with Gasteiger partial charge in [-0.25, -0.2) is 14.1 Å². The molecular formula is C12H10FN3O. The number of benzene rings is 1. The van der Waals surface area contributed by atoms with Crippen molar-refractivity contribution in [2.24, 2.45) is 0 Å². The van der Waals surface area contributed by atoms with Crippen LogP contribution in [0.3, 0.4) is 0 Å². The molecule has 0 bridgehead atoms. The molecule has 3 rings (SSSR count). The predicted octanol–water partition coefficient (Wildman–Crippen LogP) is 1.77. The fraction of sp³-hybridized carbons (Fsp3) is 0.250.